The van der Waals surface area contributed by atoms with Crippen molar-refractivity contribution in [2.24, 2.45) is 0 Å². The van der Waals surface area contributed by atoms with Gasteiger partial charge < -0.3 is 18.7 Å². The fraction of sp³-hybridized carbons (Fsp3) is 0.261. The van der Waals surface area contributed by atoms with E-state index in [1.807, 2.05) is 30.3 Å². The molecular weight excluding hydrogens is 382 g/mol. The molecule has 1 fully saturated rings. The van der Waals surface area contributed by atoms with Crippen molar-refractivity contribution in [2.45, 2.75) is 38.1 Å². The van der Waals surface area contributed by atoms with Crippen LogP contribution in [0.1, 0.15) is 43.1 Å². The SMILES string of the molecule is N#Cc1cc(-c2nc(-c3ccc(C4OC=CO4)cc3)no2)ccc1OC1CCCC1. The molecule has 1 aliphatic heterocycles. The third-order valence-corrected chi connectivity index (χ3v) is 5.27. The monoisotopic (exact) mass is 401 g/mol. The molecule has 0 radical (unpaired) electrons. The molecule has 0 saturated heterocycles. The summed E-state index contributed by atoms with van der Waals surface area (Å²) in [6.07, 6.45) is 7.22. The van der Waals surface area contributed by atoms with Gasteiger partial charge in [0.2, 0.25) is 5.82 Å². The van der Waals surface area contributed by atoms with Crippen molar-refractivity contribution >= 4 is 0 Å². The maximum Gasteiger partial charge on any atom is 0.266 e. The molecule has 3 aromatic rings. The summed E-state index contributed by atoms with van der Waals surface area (Å²) in [5, 5.41) is 13.6. The Kier molecular flexibility index (Phi) is 4.81. The van der Waals surface area contributed by atoms with E-state index in [0.717, 1.165) is 24.0 Å². The Morgan fingerprint density at radius 3 is 2.43 bits per heavy atom. The number of ether oxygens (including phenoxy) is 3. The molecule has 1 aromatic heterocycles. The average Bonchev–Trinajstić information content (AvgIpc) is 3.57. The standard InChI is InChI=1S/C23H19N3O4/c24-14-18-13-17(9-10-20(18)29-19-3-1-2-4-19)22-25-21(26-30-22)15-5-7-16(8-6-15)23-27-11-12-28-23/h5-13,19,23H,1-4H2. The van der Waals surface area contributed by atoms with Crippen molar-refractivity contribution in [3.8, 4) is 34.7 Å². The number of hydrogen-bond donors (Lipinski definition) is 0. The molecule has 0 N–H and O–H groups in total. The van der Waals surface area contributed by atoms with Gasteiger partial charge >= 0.3 is 0 Å². The van der Waals surface area contributed by atoms with Crippen LogP contribution < -0.4 is 4.74 Å². The van der Waals surface area contributed by atoms with Crippen molar-refractivity contribution in [1.82, 2.24) is 10.1 Å². The smallest absolute Gasteiger partial charge is 0.266 e. The van der Waals surface area contributed by atoms with Crippen molar-refractivity contribution in [3.05, 3.63) is 66.1 Å². The van der Waals surface area contributed by atoms with Gasteiger partial charge in [0, 0.05) is 16.7 Å². The van der Waals surface area contributed by atoms with Crippen molar-refractivity contribution in [3.63, 3.8) is 0 Å². The van der Waals surface area contributed by atoms with Gasteiger partial charge in [-0.1, -0.05) is 29.4 Å². The molecule has 0 amide bonds. The first-order valence-electron chi connectivity index (χ1n) is 9.91. The Bertz CT molecular complexity index is 1100. The molecular formula is C23H19N3O4. The second-order valence-electron chi connectivity index (χ2n) is 7.27. The van der Waals surface area contributed by atoms with E-state index >= 15 is 0 Å². The van der Waals surface area contributed by atoms with Crippen molar-refractivity contribution in [2.75, 3.05) is 0 Å². The minimum Gasteiger partial charge on any atom is -0.489 e. The van der Waals surface area contributed by atoms with Gasteiger partial charge in [-0.2, -0.15) is 10.2 Å². The maximum atomic E-state index is 9.54. The fourth-order valence-electron chi connectivity index (χ4n) is 3.68. The molecule has 2 aromatic carbocycles. The van der Waals surface area contributed by atoms with Gasteiger partial charge in [0.25, 0.3) is 12.2 Å². The highest BCUT2D eigenvalue weighted by Gasteiger charge is 2.20. The molecule has 30 heavy (non-hydrogen) atoms. The van der Waals surface area contributed by atoms with Gasteiger partial charge in [0.05, 0.1) is 11.7 Å². The van der Waals surface area contributed by atoms with Crippen LogP contribution in [-0.2, 0) is 9.47 Å². The summed E-state index contributed by atoms with van der Waals surface area (Å²) < 4.78 is 22.1. The Morgan fingerprint density at radius 2 is 1.70 bits per heavy atom. The molecule has 0 atom stereocenters. The van der Waals surface area contributed by atoms with E-state index in [4.69, 9.17) is 18.7 Å². The molecule has 0 spiro atoms. The number of hydrogen-bond acceptors (Lipinski definition) is 7. The van der Waals surface area contributed by atoms with Crippen LogP contribution in [0.5, 0.6) is 5.75 Å². The predicted molar refractivity (Wildman–Crippen MR) is 107 cm³/mol. The van der Waals surface area contributed by atoms with Crippen LogP contribution in [0.2, 0.25) is 0 Å². The second-order valence-corrected chi connectivity index (χ2v) is 7.27. The first-order chi connectivity index (χ1) is 14.8. The summed E-state index contributed by atoms with van der Waals surface area (Å²) in [5.74, 6) is 1.42. The van der Waals surface area contributed by atoms with Gasteiger partial charge in [0.15, 0.2) is 0 Å². The van der Waals surface area contributed by atoms with Crippen LogP contribution >= 0.6 is 0 Å². The highest BCUT2D eigenvalue weighted by atomic mass is 16.7. The van der Waals surface area contributed by atoms with Gasteiger partial charge in [-0.05, 0) is 43.9 Å². The molecule has 1 saturated carbocycles. The lowest BCUT2D eigenvalue weighted by Crippen LogP contribution is -2.11. The Morgan fingerprint density at radius 1 is 0.967 bits per heavy atom. The highest BCUT2D eigenvalue weighted by Crippen LogP contribution is 2.31. The Hall–Kier alpha value is -3.79. The first kappa shape index (κ1) is 18.3. The topological polar surface area (TPSA) is 90.4 Å². The number of aromatic nitrogens is 2. The number of nitrogens with zero attached hydrogens (tertiary/aromatic N) is 3. The quantitative estimate of drug-likeness (QED) is 0.586. The van der Waals surface area contributed by atoms with E-state index in [2.05, 4.69) is 16.2 Å². The minimum absolute atomic E-state index is 0.191. The zero-order valence-electron chi connectivity index (χ0n) is 16.2. The summed E-state index contributed by atoms with van der Waals surface area (Å²) in [5.41, 5.74) is 2.85. The first-order valence-corrected chi connectivity index (χ1v) is 9.91. The molecule has 7 nitrogen and oxygen atoms in total. The van der Waals surface area contributed by atoms with Crippen LogP contribution in [0.3, 0.4) is 0 Å². The summed E-state index contributed by atoms with van der Waals surface area (Å²) in [6, 6.07) is 15.1. The largest absolute Gasteiger partial charge is 0.489 e. The summed E-state index contributed by atoms with van der Waals surface area (Å²) in [4.78, 5) is 4.48. The molecule has 1 aliphatic carbocycles. The second kappa shape index (κ2) is 7.91. The van der Waals surface area contributed by atoms with E-state index in [9.17, 15) is 5.26 Å². The molecule has 0 unspecified atom stereocenters. The minimum atomic E-state index is -0.422. The van der Waals surface area contributed by atoms with Gasteiger partial charge in [0.1, 0.15) is 24.3 Å². The van der Waals surface area contributed by atoms with Crippen LogP contribution in [0.4, 0.5) is 0 Å². The fourth-order valence-corrected chi connectivity index (χ4v) is 3.68. The van der Waals surface area contributed by atoms with Crippen LogP contribution in [0, 0.1) is 11.3 Å². The maximum absolute atomic E-state index is 9.54. The van der Waals surface area contributed by atoms with E-state index in [1.165, 1.54) is 25.4 Å². The molecule has 2 heterocycles. The summed E-state index contributed by atoms with van der Waals surface area (Å²) in [6.45, 7) is 0. The van der Waals surface area contributed by atoms with Gasteiger partial charge in [-0.25, -0.2) is 0 Å². The van der Waals surface area contributed by atoms with E-state index in [0.29, 0.717) is 28.6 Å². The zero-order chi connectivity index (χ0) is 20.3. The Balaban J connectivity index is 1.35. The molecule has 2 aliphatic rings. The third kappa shape index (κ3) is 3.60. The van der Waals surface area contributed by atoms with E-state index < -0.39 is 6.29 Å². The number of rotatable bonds is 5. The summed E-state index contributed by atoms with van der Waals surface area (Å²) in [7, 11) is 0. The van der Waals surface area contributed by atoms with Crippen LogP contribution in [0.15, 0.2) is 59.5 Å². The molecule has 0 bridgehead atoms. The lowest BCUT2D eigenvalue weighted by molar-refractivity contribution is -0.0245. The van der Waals surface area contributed by atoms with E-state index in [-0.39, 0.29) is 6.10 Å². The van der Waals surface area contributed by atoms with Crippen molar-refractivity contribution in [1.29, 1.82) is 5.26 Å². The Labute approximate surface area is 173 Å². The van der Waals surface area contributed by atoms with E-state index in [1.54, 1.807) is 12.1 Å². The predicted octanol–water partition coefficient (Wildman–Crippen LogP) is 5.11. The molecule has 7 heteroatoms. The van der Waals surface area contributed by atoms with Crippen molar-refractivity contribution < 1.29 is 18.7 Å². The zero-order valence-corrected chi connectivity index (χ0v) is 16.2. The normalized spacial score (nSPS) is 16.2. The van der Waals surface area contributed by atoms with Crippen LogP contribution in [0.25, 0.3) is 22.8 Å². The lowest BCUT2D eigenvalue weighted by Gasteiger charge is -2.14. The molecule has 150 valence electrons. The third-order valence-electron chi connectivity index (χ3n) is 5.27. The average molecular weight is 401 g/mol. The van der Waals surface area contributed by atoms with Gasteiger partial charge in [-0.15, -0.1) is 0 Å². The number of benzene rings is 2. The summed E-state index contributed by atoms with van der Waals surface area (Å²) >= 11 is 0. The number of nitriles is 1. The highest BCUT2D eigenvalue weighted by molar-refractivity contribution is 5.63. The molecule has 5 rings (SSSR count). The lowest BCUT2D eigenvalue weighted by atomic mass is 10.1. The van der Waals surface area contributed by atoms with Crippen LogP contribution in [-0.4, -0.2) is 16.2 Å². The van der Waals surface area contributed by atoms with Gasteiger partial charge in [-0.3, -0.25) is 0 Å².